The Balaban J connectivity index is 1.38. The van der Waals surface area contributed by atoms with Crippen LogP contribution in [0.4, 0.5) is 19.0 Å². The maximum atomic E-state index is 13.0. The Bertz CT molecular complexity index is 1020. The number of hydrogen-bond donors (Lipinski definition) is 1. The van der Waals surface area contributed by atoms with Crippen LogP contribution in [0.15, 0.2) is 47.5 Å². The summed E-state index contributed by atoms with van der Waals surface area (Å²) in [6.07, 6.45) is -3.32. The molecule has 2 aromatic rings. The van der Waals surface area contributed by atoms with Crippen LogP contribution in [-0.2, 0) is 22.7 Å². The Kier molecular flexibility index (Phi) is 6.70. The highest BCUT2D eigenvalue weighted by Crippen LogP contribution is 2.31. The first kappa shape index (κ1) is 23.0. The van der Waals surface area contributed by atoms with Crippen LogP contribution < -0.4 is 10.2 Å². The first-order chi connectivity index (χ1) is 15.2. The van der Waals surface area contributed by atoms with Crippen molar-refractivity contribution in [2.75, 3.05) is 57.3 Å². The van der Waals surface area contributed by atoms with Crippen LogP contribution >= 0.6 is 0 Å². The number of sulfonamides is 1. The quantitative estimate of drug-likeness (QED) is 0.723. The summed E-state index contributed by atoms with van der Waals surface area (Å²) in [7, 11) is -3.67. The highest BCUT2D eigenvalue weighted by molar-refractivity contribution is 7.89. The molecule has 2 fully saturated rings. The van der Waals surface area contributed by atoms with Crippen molar-refractivity contribution in [3.8, 4) is 0 Å². The van der Waals surface area contributed by atoms with E-state index in [1.165, 1.54) is 4.31 Å². The van der Waals surface area contributed by atoms with E-state index in [2.05, 4.69) is 15.2 Å². The molecule has 1 N–H and O–H groups in total. The normalized spacial score (nSPS) is 19.3. The Labute approximate surface area is 185 Å². The third-order valence-corrected chi connectivity index (χ3v) is 7.73. The molecule has 4 rings (SSSR count). The van der Waals surface area contributed by atoms with Gasteiger partial charge in [-0.3, -0.25) is 4.90 Å². The van der Waals surface area contributed by atoms with Crippen LogP contribution in [0, 0.1) is 0 Å². The molecule has 174 valence electrons. The van der Waals surface area contributed by atoms with Gasteiger partial charge in [0.05, 0.1) is 10.5 Å². The second-order valence-electron chi connectivity index (χ2n) is 7.96. The fourth-order valence-electron chi connectivity index (χ4n) is 3.97. The minimum absolute atomic E-state index is 0.183. The molecule has 2 saturated heterocycles. The topological polar surface area (TPSA) is 68.8 Å². The zero-order valence-electron chi connectivity index (χ0n) is 17.6. The summed E-state index contributed by atoms with van der Waals surface area (Å²) in [4.78, 5) is 8.26. The molecule has 0 saturated carbocycles. The predicted molar refractivity (Wildman–Crippen MR) is 115 cm³/mol. The van der Waals surface area contributed by atoms with Gasteiger partial charge < -0.3 is 10.2 Å². The van der Waals surface area contributed by atoms with Gasteiger partial charge in [-0.1, -0.05) is 12.1 Å². The van der Waals surface area contributed by atoms with Gasteiger partial charge in [0.1, 0.15) is 5.82 Å². The molecular formula is C21H26F3N5O2S. The zero-order chi connectivity index (χ0) is 22.8. The van der Waals surface area contributed by atoms with E-state index in [4.69, 9.17) is 0 Å². The van der Waals surface area contributed by atoms with Gasteiger partial charge in [0.25, 0.3) is 0 Å². The number of pyridine rings is 1. The van der Waals surface area contributed by atoms with E-state index in [1.54, 1.807) is 17.0 Å². The van der Waals surface area contributed by atoms with Gasteiger partial charge in [0.2, 0.25) is 10.0 Å². The van der Waals surface area contributed by atoms with E-state index < -0.39 is 21.8 Å². The number of rotatable bonds is 5. The number of aromatic nitrogens is 1. The van der Waals surface area contributed by atoms with E-state index >= 15 is 0 Å². The molecule has 0 radical (unpaired) electrons. The SMILES string of the molecule is O=S(=O)(c1ccc(CN2CCNCC2)cc1)N1CCN(c2cc(C(F)(F)F)ccn2)CC1. The van der Waals surface area contributed by atoms with Crippen molar-refractivity contribution in [3.63, 3.8) is 0 Å². The third-order valence-electron chi connectivity index (χ3n) is 5.81. The van der Waals surface area contributed by atoms with Gasteiger partial charge in [0.15, 0.2) is 0 Å². The number of benzene rings is 1. The number of nitrogens with one attached hydrogen (secondary N) is 1. The monoisotopic (exact) mass is 469 g/mol. The maximum Gasteiger partial charge on any atom is 0.416 e. The molecule has 0 aliphatic carbocycles. The summed E-state index contributed by atoms with van der Waals surface area (Å²) in [6.45, 7) is 5.53. The first-order valence-electron chi connectivity index (χ1n) is 10.5. The highest BCUT2D eigenvalue weighted by atomic mass is 32.2. The lowest BCUT2D eigenvalue weighted by Gasteiger charge is -2.34. The van der Waals surface area contributed by atoms with Crippen LogP contribution in [-0.4, -0.2) is 75.0 Å². The minimum Gasteiger partial charge on any atom is -0.354 e. The summed E-state index contributed by atoms with van der Waals surface area (Å²) in [6, 6.07) is 8.88. The third kappa shape index (κ3) is 5.22. The molecule has 2 aliphatic heterocycles. The largest absolute Gasteiger partial charge is 0.416 e. The summed E-state index contributed by atoms with van der Waals surface area (Å²) in [5, 5.41) is 3.30. The molecule has 2 aliphatic rings. The number of alkyl halides is 3. The lowest BCUT2D eigenvalue weighted by molar-refractivity contribution is -0.137. The number of anilines is 1. The predicted octanol–water partition coefficient (Wildman–Crippen LogP) is 2.02. The van der Waals surface area contributed by atoms with Crippen molar-refractivity contribution in [2.45, 2.75) is 17.6 Å². The highest BCUT2D eigenvalue weighted by Gasteiger charge is 2.33. The maximum absolute atomic E-state index is 13.0. The molecule has 7 nitrogen and oxygen atoms in total. The Morgan fingerprint density at radius 1 is 0.938 bits per heavy atom. The summed E-state index contributed by atoms with van der Waals surface area (Å²) in [5.74, 6) is 0.203. The molecule has 0 amide bonds. The molecular weight excluding hydrogens is 443 g/mol. The average Bonchev–Trinajstić information content (AvgIpc) is 2.80. The molecule has 0 atom stereocenters. The smallest absolute Gasteiger partial charge is 0.354 e. The molecule has 32 heavy (non-hydrogen) atoms. The Morgan fingerprint density at radius 3 is 2.22 bits per heavy atom. The summed E-state index contributed by atoms with van der Waals surface area (Å²) < 4.78 is 66.3. The lowest BCUT2D eigenvalue weighted by Crippen LogP contribution is -2.49. The van der Waals surface area contributed by atoms with Crippen molar-refractivity contribution in [3.05, 3.63) is 53.7 Å². The molecule has 1 aromatic carbocycles. The lowest BCUT2D eigenvalue weighted by atomic mass is 10.2. The van der Waals surface area contributed by atoms with Gasteiger partial charge in [0, 0.05) is 65.1 Å². The van der Waals surface area contributed by atoms with Gasteiger partial charge in [-0.25, -0.2) is 13.4 Å². The summed E-state index contributed by atoms with van der Waals surface area (Å²) >= 11 is 0. The molecule has 3 heterocycles. The fourth-order valence-corrected chi connectivity index (χ4v) is 5.39. The molecule has 11 heteroatoms. The zero-order valence-corrected chi connectivity index (χ0v) is 18.4. The molecule has 0 bridgehead atoms. The number of halogens is 3. The number of hydrogen-bond acceptors (Lipinski definition) is 6. The first-order valence-corrected chi connectivity index (χ1v) is 12.0. The standard InChI is InChI=1S/C21H26F3N5O2S/c22-21(23,24)18-5-6-26-20(15-18)28-11-13-29(14-12-28)32(30,31)19-3-1-17(2-4-19)16-27-9-7-25-8-10-27/h1-6,15,25H,7-14,16H2. The second kappa shape index (κ2) is 9.34. The van der Waals surface area contributed by atoms with Crippen molar-refractivity contribution < 1.29 is 21.6 Å². The minimum atomic E-state index is -4.44. The van der Waals surface area contributed by atoms with Crippen LogP contribution in [0.2, 0.25) is 0 Å². The van der Waals surface area contributed by atoms with E-state index in [0.29, 0.717) is 0 Å². The Morgan fingerprint density at radius 2 is 1.59 bits per heavy atom. The van der Waals surface area contributed by atoms with Gasteiger partial charge in [-0.05, 0) is 29.8 Å². The van der Waals surface area contributed by atoms with Crippen LogP contribution in [0.1, 0.15) is 11.1 Å². The van der Waals surface area contributed by atoms with Crippen LogP contribution in [0.25, 0.3) is 0 Å². The average molecular weight is 470 g/mol. The van der Waals surface area contributed by atoms with Crippen molar-refractivity contribution >= 4 is 15.8 Å². The van der Waals surface area contributed by atoms with E-state index in [9.17, 15) is 21.6 Å². The summed E-state index contributed by atoms with van der Waals surface area (Å²) in [5.41, 5.74) is 0.296. The van der Waals surface area contributed by atoms with Crippen LogP contribution in [0.3, 0.4) is 0 Å². The molecule has 0 unspecified atom stereocenters. The van der Waals surface area contributed by atoms with Gasteiger partial charge in [-0.2, -0.15) is 17.5 Å². The second-order valence-corrected chi connectivity index (χ2v) is 9.90. The fraction of sp³-hybridized carbons (Fsp3) is 0.476. The van der Waals surface area contributed by atoms with Gasteiger partial charge in [-0.15, -0.1) is 0 Å². The molecule has 0 spiro atoms. The van der Waals surface area contributed by atoms with Crippen molar-refractivity contribution in [1.29, 1.82) is 0 Å². The van der Waals surface area contributed by atoms with E-state index in [-0.39, 0.29) is 36.9 Å². The van der Waals surface area contributed by atoms with Crippen molar-refractivity contribution in [1.82, 2.24) is 19.5 Å². The Hall–Kier alpha value is -2.21. The van der Waals surface area contributed by atoms with E-state index in [0.717, 1.165) is 56.6 Å². The van der Waals surface area contributed by atoms with Crippen LogP contribution in [0.5, 0.6) is 0 Å². The van der Waals surface area contributed by atoms with E-state index in [1.807, 2.05) is 12.1 Å². The van der Waals surface area contributed by atoms with Crippen molar-refractivity contribution in [2.24, 2.45) is 0 Å². The number of piperazine rings is 2. The van der Waals surface area contributed by atoms with Gasteiger partial charge >= 0.3 is 6.18 Å². The molecule has 1 aromatic heterocycles. The number of nitrogens with zero attached hydrogens (tertiary/aromatic N) is 4.